The van der Waals surface area contributed by atoms with Crippen molar-refractivity contribution in [2.75, 3.05) is 5.32 Å². The Morgan fingerprint density at radius 1 is 1.40 bits per heavy atom. The largest absolute Gasteiger partial charge is 0.438 e. The highest BCUT2D eigenvalue weighted by Gasteiger charge is 2.10. The molecule has 15 heavy (non-hydrogen) atoms. The number of oxazole rings is 1. The number of carbonyl (C=O) groups excluding carboxylic acids is 1. The average Bonchev–Trinajstić information content (AvgIpc) is 2.74. The number of carbonyl (C=O) groups is 1. The number of benzene rings is 1. The second-order valence-corrected chi connectivity index (χ2v) is 3.21. The Kier molecular flexibility index (Phi) is 2.69. The van der Waals surface area contributed by atoms with Gasteiger partial charge in [0.1, 0.15) is 0 Å². The van der Waals surface area contributed by atoms with Crippen LogP contribution in [0, 0.1) is 0 Å². The number of hydrogen-bond acceptors (Lipinski definition) is 3. The molecule has 1 N–H and O–H groups in total. The van der Waals surface area contributed by atoms with Gasteiger partial charge in [-0.25, -0.2) is 4.98 Å². The Bertz CT molecular complexity index is 468. The summed E-state index contributed by atoms with van der Waals surface area (Å²) in [6.07, 6.45) is 2.54. The molecular formula is C10H7ClN2O2. The third-order valence-corrected chi connectivity index (χ3v) is 2.11. The first-order valence-electron chi connectivity index (χ1n) is 4.22. The molecule has 1 amide bonds. The van der Waals surface area contributed by atoms with Crippen LogP contribution in [-0.2, 0) is 0 Å². The zero-order chi connectivity index (χ0) is 10.7. The number of para-hydroxylation sites is 1. The van der Waals surface area contributed by atoms with Crippen molar-refractivity contribution in [1.29, 1.82) is 0 Å². The zero-order valence-corrected chi connectivity index (χ0v) is 8.36. The maximum Gasteiger partial charge on any atom is 0.293 e. The molecule has 76 valence electrons. The predicted octanol–water partition coefficient (Wildman–Crippen LogP) is 2.58. The fraction of sp³-hybridized carbons (Fsp3) is 0. The van der Waals surface area contributed by atoms with E-state index in [0.29, 0.717) is 10.7 Å². The van der Waals surface area contributed by atoms with Crippen LogP contribution in [0.4, 0.5) is 5.69 Å². The summed E-state index contributed by atoms with van der Waals surface area (Å²) in [7, 11) is 0. The molecule has 1 aromatic carbocycles. The lowest BCUT2D eigenvalue weighted by atomic mass is 10.3. The Hall–Kier alpha value is -1.81. The molecule has 2 rings (SSSR count). The summed E-state index contributed by atoms with van der Waals surface area (Å²) in [5.41, 5.74) is 0.542. The van der Waals surface area contributed by atoms with Gasteiger partial charge in [-0.15, -0.1) is 0 Å². The highest BCUT2D eigenvalue weighted by molar-refractivity contribution is 6.33. The topological polar surface area (TPSA) is 55.1 Å². The molecule has 0 fully saturated rings. The van der Waals surface area contributed by atoms with Gasteiger partial charge in [0.15, 0.2) is 6.39 Å². The van der Waals surface area contributed by atoms with Crippen LogP contribution in [0.1, 0.15) is 10.6 Å². The number of amides is 1. The molecule has 0 radical (unpaired) electrons. The summed E-state index contributed by atoms with van der Waals surface area (Å²) in [5.74, 6) is -0.226. The van der Waals surface area contributed by atoms with Crippen LogP contribution < -0.4 is 5.32 Å². The van der Waals surface area contributed by atoms with Crippen molar-refractivity contribution in [2.45, 2.75) is 0 Å². The molecule has 0 unspecified atom stereocenters. The van der Waals surface area contributed by atoms with E-state index in [2.05, 4.69) is 10.3 Å². The first-order chi connectivity index (χ1) is 7.27. The van der Waals surface area contributed by atoms with Crippen molar-refractivity contribution < 1.29 is 9.21 Å². The molecule has 0 saturated heterocycles. The number of anilines is 1. The lowest BCUT2D eigenvalue weighted by Gasteiger charge is -2.03. The summed E-state index contributed by atoms with van der Waals surface area (Å²) in [6.45, 7) is 0. The molecule has 1 aromatic heterocycles. The SMILES string of the molecule is O=C(Nc1ccccc1Cl)c1cnco1. The number of hydrogen-bond donors (Lipinski definition) is 1. The van der Waals surface area contributed by atoms with Crippen LogP contribution in [0.2, 0.25) is 5.02 Å². The van der Waals surface area contributed by atoms with Crippen LogP contribution >= 0.6 is 11.6 Å². The van der Waals surface area contributed by atoms with Crippen LogP contribution in [0.3, 0.4) is 0 Å². The summed E-state index contributed by atoms with van der Waals surface area (Å²) >= 11 is 5.87. The molecule has 4 nitrogen and oxygen atoms in total. The fourth-order valence-corrected chi connectivity index (χ4v) is 1.26. The summed E-state index contributed by atoms with van der Waals surface area (Å²) in [5, 5.41) is 3.09. The summed E-state index contributed by atoms with van der Waals surface area (Å²) in [4.78, 5) is 15.2. The Morgan fingerprint density at radius 3 is 2.87 bits per heavy atom. The normalized spacial score (nSPS) is 9.93. The van der Waals surface area contributed by atoms with Crippen molar-refractivity contribution in [3.8, 4) is 0 Å². The molecule has 0 saturated carbocycles. The average molecular weight is 223 g/mol. The highest BCUT2D eigenvalue weighted by atomic mass is 35.5. The van der Waals surface area contributed by atoms with E-state index < -0.39 is 0 Å². The van der Waals surface area contributed by atoms with Crippen LogP contribution in [-0.4, -0.2) is 10.9 Å². The maximum atomic E-state index is 11.5. The molecular weight excluding hydrogens is 216 g/mol. The van der Waals surface area contributed by atoms with Gasteiger partial charge in [-0.2, -0.15) is 0 Å². The smallest absolute Gasteiger partial charge is 0.293 e. The van der Waals surface area contributed by atoms with E-state index in [1.807, 2.05) is 0 Å². The standard InChI is InChI=1S/C10H7ClN2O2/c11-7-3-1-2-4-8(7)13-10(14)9-5-12-6-15-9/h1-6H,(H,13,14). The fourth-order valence-electron chi connectivity index (χ4n) is 1.07. The molecule has 0 atom stereocenters. The summed E-state index contributed by atoms with van der Waals surface area (Å²) < 4.78 is 4.84. The van der Waals surface area contributed by atoms with E-state index in [-0.39, 0.29) is 11.7 Å². The van der Waals surface area contributed by atoms with Gasteiger partial charge in [-0.1, -0.05) is 23.7 Å². The second kappa shape index (κ2) is 4.14. The van der Waals surface area contributed by atoms with Gasteiger partial charge in [0.2, 0.25) is 5.76 Å². The first kappa shape index (κ1) is 9.73. The number of aromatic nitrogens is 1. The number of rotatable bonds is 2. The van der Waals surface area contributed by atoms with E-state index in [1.165, 1.54) is 12.6 Å². The van der Waals surface area contributed by atoms with Crippen molar-refractivity contribution in [3.63, 3.8) is 0 Å². The molecule has 0 aliphatic heterocycles. The Balaban J connectivity index is 2.17. The number of nitrogens with zero attached hydrogens (tertiary/aromatic N) is 1. The minimum Gasteiger partial charge on any atom is -0.438 e. The number of nitrogens with one attached hydrogen (secondary N) is 1. The van der Waals surface area contributed by atoms with Crippen LogP contribution in [0.15, 0.2) is 41.3 Å². The van der Waals surface area contributed by atoms with Gasteiger partial charge >= 0.3 is 0 Å². The molecule has 0 aliphatic carbocycles. The van der Waals surface area contributed by atoms with Gasteiger partial charge in [0, 0.05) is 0 Å². The first-order valence-corrected chi connectivity index (χ1v) is 4.59. The van der Waals surface area contributed by atoms with Crippen molar-refractivity contribution >= 4 is 23.2 Å². The van der Waals surface area contributed by atoms with Crippen LogP contribution in [0.25, 0.3) is 0 Å². The van der Waals surface area contributed by atoms with Crippen molar-refractivity contribution in [3.05, 3.63) is 47.6 Å². The highest BCUT2D eigenvalue weighted by Crippen LogP contribution is 2.20. The second-order valence-electron chi connectivity index (χ2n) is 2.80. The molecule has 5 heteroatoms. The number of halogens is 1. The van der Waals surface area contributed by atoms with E-state index in [4.69, 9.17) is 16.0 Å². The van der Waals surface area contributed by atoms with Crippen LogP contribution in [0.5, 0.6) is 0 Å². The quantitative estimate of drug-likeness (QED) is 0.850. The minimum atomic E-state index is -0.374. The van der Waals surface area contributed by atoms with Gasteiger partial charge in [0.05, 0.1) is 16.9 Å². The van der Waals surface area contributed by atoms with Gasteiger partial charge < -0.3 is 9.73 Å². The minimum absolute atomic E-state index is 0.148. The third kappa shape index (κ3) is 2.16. The van der Waals surface area contributed by atoms with E-state index in [0.717, 1.165) is 0 Å². The third-order valence-electron chi connectivity index (χ3n) is 1.78. The van der Waals surface area contributed by atoms with Crippen molar-refractivity contribution in [1.82, 2.24) is 4.98 Å². The van der Waals surface area contributed by atoms with Crippen molar-refractivity contribution in [2.24, 2.45) is 0 Å². The van der Waals surface area contributed by atoms with E-state index >= 15 is 0 Å². The molecule has 2 aromatic rings. The Labute approximate surface area is 90.9 Å². The molecule has 0 bridgehead atoms. The van der Waals surface area contributed by atoms with E-state index in [9.17, 15) is 4.79 Å². The van der Waals surface area contributed by atoms with Gasteiger partial charge in [0.25, 0.3) is 5.91 Å². The van der Waals surface area contributed by atoms with Gasteiger partial charge in [-0.3, -0.25) is 4.79 Å². The Morgan fingerprint density at radius 2 is 2.20 bits per heavy atom. The molecule has 1 heterocycles. The summed E-state index contributed by atoms with van der Waals surface area (Å²) in [6, 6.07) is 6.96. The zero-order valence-electron chi connectivity index (χ0n) is 7.61. The molecule has 0 spiro atoms. The lowest BCUT2D eigenvalue weighted by molar-refractivity contribution is 0.0996. The monoisotopic (exact) mass is 222 g/mol. The van der Waals surface area contributed by atoms with E-state index in [1.54, 1.807) is 24.3 Å². The maximum absolute atomic E-state index is 11.5. The van der Waals surface area contributed by atoms with Gasteiger partial charge in [-0.05, 0) is 12.1 Å². The lowest BCUT2D eigenvalue weighted by Crippen LogP contribution is -2.11. The molecule has 0 aliphatic rings. The predicted molar refractivity (Wildman–Crippen MR) is 55.9 cm³/mol.